The lowest BCUT2D eigenvalue weighted by atomic mass is 9.79. The van der Waals surface area contributed by atoms with E-state index in [1.54, 1.807) is 18.2 Å². The number of piperidine rings is 2. The molecule has 0 spiro atoms. The van der Waals surface area contributed by atoms with E-state index in [0.717, 1.165) is 59.0 Å². The molecule has 6 heterocycles. The molecular weight excluding hydrogens is 655 g/mol. The highest BCUT2D eigenvalue weighted by Crippen LogP contribution is 2.45. The number of amides is 6. The van der Waals surface area contributed by atoms with Gasteiger partial charge in [-0.05, 0) is 98.4 Å². The number of aryl methyl sites for hydroxylation is 1. The van der Waals surface area contributed by atoms with Gasteiger partial charge in [0, 0.05) is 60.9 Å². The number of H-pyrrole nitrogens is 1. The molecule has 12 nitrogen and oxygen atoms in total. The van der Waals surface area contributed by atoms with Crippen molar-refractivity contribution in [3.05, 3.63) is 81.4 Å². The van der Waals surface area contributed by atoms with Crippen molar-refractivity contribution in [3.8, 4) is 0 Å². The van der Waals surface area contributed by atoms with Crippen LogP contribution in [-0.4, -0.2) is 82.4 Å². The third-order valence-electron chi connectivity index (χ3n) is 11.7. The highest BCUT2D eigenvalue weighted by Gasteiger charge is 2.45. The average molecular weight is 691 g/mol. The average Bonchev–Trinajstić information content (AvgIpc) is 3.79. The van der Waals surface area contributed by atoms with Crippen LogP contribution in [-0.2, 0) is 20.8 Å². The molecule has 13 heteroatoms. The summed E-state index contributed by atoms with van der Waals surface area (Å²) in [6.45, 7) is 4.79. The second kappa shape index (κ2) is 11.5. The van der Waals surface area contributed by atoms with Crippen LogP contribution in [0.5, 0.6) is 0 Å². The number of carbonyl (C=O) groups is 6. The zero-order chi connectivity index (χ0) is 35.3. The number of rotatable bonds is 4. The van der Waals surface area contributed by atoms with Crippen LogP contribution in [0.1, 0.15) is 85.7 Å². The number of aromatic nitrogens is 1. The Morgan fingerprint density at radius 1 is 0.824 bits per heavy atom. The molecule has 3 aromatic rings. The number of nitrogens with one attached hydrogen (secondary N) is 3. The molecule has 260 valence electrons. The van der Waals surface area contributed by atoms with Gasteiger partial charge >= 0.3 is 0 Å². The van der Waals surface area contributed by atoms with Gasteiger partial charge < -0.3 is 20.1 Å². The Hall–Kier alpha value is -5.59. The van der Waals surface area contributed by atoms with Crippen LogP contribution < -0.4 is 15.5 Å². The summed E-state index contributed by atoms with van der Waals surface area (Å²) in [6, 6.07) is 8.52. The topological polar surface area (TPSA) is 152 Å². The number of hydrogen-bond acceptors (Lipinski definition) is 7. The minimum Gasteiger partial charge on any atom is -0.371 e. The maximum absolute atomic E-state index is 14.1. The molecule has 9 rings (SSSR count). The fraction of sp³-hybridized carbons (Fsp3) is 0.368. The number of halogens is 1. The van der Waals surface area contributed by atoms with E-state index in [2.05, 4.69) is 20.5 Å². The largest absolute Gasteiger partial charge is 0.371 e. The van der Waals surface area contributed by atoms with Crippen molar-refractivity contribution in [3.63, 3.8) is 0 Å². The summed E-state index contributed by atoms with van der Waals surface area (Å²) < 4.78 is 14.1. The normalized spacial score (nSPS) is 23.4. The molecule has 0 saturated carbocycles. The highest BCUT2D eigenvalue weighted by molar-refractivity contribution is 6.37. The van der Waals surface area contributed by atoms with Crippen LogP contribution in [0, 0.1) is 24.6 Å². The first kappa shape index (κ1) is 31.4. The number of aromatic amines is 1. The van der Waals surface area contributed by atoms with E-state index in [0.29, 0.717) is 60.2 Å². The van der Waals surface area contributed by atoms with E-state index in [-0.39, 0.29) is 35.8 Å². The number of anilines is 2. The zero-order valence-corrected chi connectivity index (χ0v) is 27.9. The van der Waals surface area contributed by atoms with Gasteiger partial charge in [-0.3, -0.25) is 39.0 Å². The van der Waals surface area contributed by atoms with E-state index < -0.39 is 35.5 Å². The molecule has 1 aliphatic carbocycles. The van der Waals surface area contributed by atoms with Gasteiger partial charge in [0.2, 0.25) is 11.8 Å². The quantitative estimate of drug-likeness (QED) is 0.279. The zero-order valence-electron chi connectivity index (χ0n) is 27.9. The number of nitrogens with zero attached hydrogens (tertiary/aromatic N) is 3. The second-order valence-corrected chi connectivity index (χ2v) is 14.4. The molecule has 5 aliphatic heterocycles. The lowest BCUT2D eigenvalue weighted by Gasteiger charge is -2.46. The van der Waals surface area contributed by atoms with Gasteiger partial charge in [-0.15, -0.1) is 0 Å². The predicted molar refractivity (Wildman–Crippen MR) is 183 cm³/mol. The summed E-state index contributed by atoms with van der Waals surface area (Å²) >= 11 is 0. The molecule has 1 atom stereocenters. The third-order valence-corrected chi connectivity index (χ3v) is 11.7. The van der Waals surface area contributed by atoms with Gasteiger partial charge in [0.15, 0.2) is 0 Å². The Morgan fingerprint density at radius 3 is 2.35 bits per heavy atom. The van der Waals surface area contributed by atoms with Crippen molar-refractivity contribution in [2.45, 2.75) is 51.5 Å². The van der Waals surface area contributed by atoms with E-state index >= 15 is 0 Å². The van der Waals surface area contributed by atoms with Crippen molar-refractivity contribution in [2.75, 3.05) is 36.4 Å². The summed E-state index contributed by atoms with van der Waals surface area (Å²) in [5.41, 5.74) is 6.97. The van der Waals surface area contributed by atoms with E-state index in [1.165, 1.54) is 12.1 Å². The van der Waals surface area contributed by atoms with Crippen LogP contribution in [0.25, 0.3) is 11.1 Å². The molecule has 1 unspecified atom stereocenters. The van der Waals surface area contributed by atoms with Gasteiger partial charge in [-0.25, -0.2) is 4.39 Å². The Bertz CT molecular complexity index is 2160. The van der Waals surface area contributed by atoms with Gasteiger partial charge in [-0.1, -0.05) is 0 Å². The van der Waals surface area contributed by atoms with Crippen molar-refractivity contribution in [1.29, 1.82) is 0 Å². The number of hydrogen-bond donors (Lipinski definition) is 3. The molecule has 3 fully saturated rings. The lowest BCUT2D eigenvalue weighted by molar-refractivity contribution is -0.136. The minimum atomic E-state index is -0.995. The van der Waals surface area contributed by atoms with Crippen molar-refractivity contribution < 1.29 is 33.2 Å². The van der Waals surface area contributed by atoms with Crippen molar-refractivity contribution >= 4 is 58.0 Å². The maximum Gasteiger partial charge on any atom is 0.262 e. The number of allylic oxidation sites excluding steroid dienone is 1. The lowest BCUT2D eigenvalue weighted by Crippen LogP contribution is -2.54. The number of fused-ring (bicyclic) bond motifs is 3. The highest BCUT2D eigenvalue weighted by atomic mass is 19.1. The van der Waals surface area contributed by atoms with Crippen LogP contribution in [0.2, 0.25) is 0 Å². The summed E-state index contributed by atoms with van der Waals surface area (Å²) in [7, 11) is 0. The van der Waals surface area contributed by atoms with Gasteiger partial charge in [-0.2, -0.15) is 0 Å². The third kappa shape index (κ3) is 4.84. The summed E-state index contributed by atoms with van der Waals surface area (Å²) in [6.07, 6.45) is 3.27. The SMILES string of the molecule is Cc1[nH]c2c(c1C(=O)N1CC(C3CCN(c4ccc5c(c4)C(=O)N(C4CCC(=O)NC4=O)C5=O)CC3)C1)CC/C2=C1/C(=O)Nc2ccc(F)cc21. The van der Waals surface area contributed by atoms with E-state index in [1.807, 2.05) is 17.9 Å². The fourth-order valence-electron chi connectivity index (χ4n) is 8.96. The Balaban J connectivity index is 0.838. The Labute approximate surface area is 292 Å². The molecule has 0 bridgehead atoms. The van der Waals surface area contributed by atoms with Crippen LogP contribution in [0.4, 0.5) is 15.8 Å². The fourth-order valence-corrected chi connectivity index (χ4v) is 8.96. The molecule has 51 heavy (non-hydrogen) atoms. The van der Waals surface area contributed by atoms with Crippen LogP contribution >= 0.6 is 0 Å². The molecule has 6 amide bonds. The number of imide groups is 2. The Morgan fingerprint density at radius 2 is 1.59 bits per heavy atom. The summed E-state index contributed by atoms with van der Waals surface area (Å²) in [5.74, 6) is -1.90. The molecule has 3 N–H and O–H groups in total. The second-order valence-electron chi connectivity index (χ2n) is 14.4. The molecule has 2 aromatic carbocycles. The van der Waals surface area contributed by atoms with Gasteiger partial charge in [0.1, 0.15) is 11.9 Å². The van der Waals surface area contributed by atoms with Crippen LogP contribution in [0.3, 0.4) is 0 Å². The van der Waals surface area contributed by atoms with Gasteiger partial charge in [0.05, 0.1) is 22.3 Å². The summed E-state index contributed by atoms with van der Waals surface area (Å²) in [4.78, 5) is 85.7. The summed E-state index contributed by atoms with van der Waals surface area (Å²) in [5, 5.41) is 5.06. The predicted octanol–water partition coefficient (Wildman–Crippen LogP) is 3.66. The van der Waals surface area contributed by atoms with Gasteiger partial charge in [0.25, 0.3) is 23.6 Å². The molecular formula is C38H35FN6O6. The van der Waals surface area contributed by atoms with Crippen LogP contribution in [0.15, 0.2) is 36.4 Å². The molecule has 6 aliphatic rings. The van der Waals surface area contributed by atoms with Crippen molar-refractivity contribution in [2.24, 2.45) is 11.8 Å². The number of likely N-dealkylation sites (tertiary alicyclic amines) is 1. The first-order chi connectivity index (χ1) is 24.6. The molecule has 3 saturated heterocycles. The van der Waals surface area contributed by atoms with Crippen molar-refractivity contribution in [1.82, 2.24) is 20.1 Å². The van der Waals surface area contributed by atoms with E-state index in [4.69, 9.17) is 0 Å². The van der Waals surface area contributed by atoms with E-state index in [9.17, 15) is 33.2 Å². The smallest absolute Gasteiger partial charge is 0.262 e. The number of benzene rings is 2. The standard InChI is InChI=1S/C38H35FN6O6/c1-18-31(24-5-6-25(33(24)40-18)32-27-14-21(39)2-7-28(27)41-35(32)48)38(51)44-16-20(17-44)19-10-12-43(13-11-19)22-3-4-23-26(15-22)37(50)45(36(23)49)29-8-9-30(46)42-34(29)47/h2-4,7,14-15,19-20,29,40H,5-6,8-13,16-17H2,1H3,(H,41,48)(H,42,46,47)/b32-25-. The Kier molecular flexibility index (Phi) is 7.06. The minimum absolute atomic E-state index is 0.00374. The monoisotopic (exact) mass is 690 g/mol. The number of carbonyl (C=O) groups excluding carboxylic acids is 6. The maximum atomic E-state index is 14.1. The molecule has 0 radical (unpaired) electrons. The first-order valence-corrected chi connectivity index (χ1v) is 17.5. The molecule has 1 aromatic heterocycles. The first-order valence-electron chi connectivity index (χ1n) is 17.5.